The zero-order chi connectivity index (χ0) is 13.7. The first-order valence-electron chi connectivity index (χ1n) is 8.20. The highest BCUT2D eigenvalue weighted by Crippen LogP contribution is 2.41. The van der Waals surface area contributed by atoms with Gasteiger partial charge in [0.15, 0.2) is 0 Å². The van der Waals surface area contributed by atoms with Crippen LogP contribution >= 0.6 is 23.5 Å². The highest BCUT2D eigenvalue weighted by Gasteiger charge is 2.36. The SMILES string of the molecule is CCC1CCC(C(NC)C2SCCSC2CC)CC1. The van der Waals surface area contributed by atoms with Crippen molar-refractivity contribution >= 4 is 23.5 Å². The minimum absolute atomic E-state index is 0.751. The first-order valence-corrected chi connectivity index (χ1v) is 10.3. The lowest BCUT2D eigenvalue weighted by molar-refractivity contribution is 0.218. The third kappa shape index (κ3) is 4.07. The second-order valence-electron chi connectivity index (χ2n) is 6.16. The summed E-state index contributed by atoms with van der Waals surface area (Å²) in [5.74, 6) is 4.66. The molecule has 0 aromatic rings. The Hall–Kier alpha value is 0.660. The normalized spacial score (nSPS) is 38.1. The number of hydrogen-bond donors (Lipinski definition) is 1. The van der Waals surface area contributed by atoms with Crippen LogP contribution in [-0.4, -0.2) is 35.1 Å². The second-order valence-corrected chi connectivity index (χ2v) is 8.79. The van der Waals surface area contributed by atoms with Gasteiger partial charge in [-0.2, -0.15) is 23.5 Å². The highest BCUT2D eigenvalue weighted by molar-refractivity contribution is 8.07. The summed E-state index contributed by atoms with van der Waals surface area (Å²) in [7, 11) is 2.20. The van der Waals surface area contributed by atoms with Gasteiger partial charge >= 0.3 is 0 Å². The Morgan fingerprint density at radius 1 is 1.00 bits per heavy atom. The Morgan fingerprint density at radius 2 is 1.68 bits per heavy atom. The molecule has 1 aliphatic heterocycles. The van der Waals surface area contributed by atoms with Gasteiger partial charge in [0, 0.05) is 28.0 Å². The zero-order valence-electron chi connectivity index (χ0n) is 12.9. The van der Waals surface area contributed by atoms with E-state index in [1.54, 1.807) is 0 Å². The fourth-order valence-electron chi connectivity index (χ4n) is 3.89. The van der Waals surface area contributed by atoms with Crippen LogP contribution in [0.4, 0.5) is 0 Å². The Labute approximate surface area is 128 Å². The minimum atomic E-state index is 0.751. The Morgan fingerprint density at radius 3 is 2.26 bits per heavy atom. The molecular weight excluding hydrogens is 270 g/mol. The first kappa shape index (κ1) is 16.0. The van der Waals surface area contributed by atoms with Crippen LogP contribution in [0.1, 0.15) is 52.4 Å². The van der Waals surface area contributed by atoms with Crippen molar-refractivity contribution in [3.63, 3.8) is 0 Å². The van der Waals surface area contributed by atoms with Gasteiger partial charge in [-0.25, -0.2) is 0 Å². The van der Waals surface area contributed by atoms with E-state index in [1.165, 1.54) is 50.0 Å². The maximum atomic E-state index is 3.70. The standard InChI is InChI=1S/C16H31NS2/c1-4-12-6-8-13(9-7-12)15(17-3)16-14(5-2)18-10-11-19-16/h12-17H,4-11H2,1-3H3. The molecule has 2 aliphatic rings. The van der Waals surface area contributed by atoms with Crippen LogP contribution in [-0.2, 0) is 0 Å². The predicted molar refractivity (Wildman–Crippen MR) is 91.4 cm³/mol. The van der Waals surface area contributed by atoms with E-state index in [2.05, 4.69) is 49.7 Å². The summed E-state index contributed by atoms with van der Waals surface area (Å²) >= 11 is 4.47. The molecule has 1 saturated carbocycles. The smallest absolute Gasteiger partial charge is 0.0322 e. The molecule has 19 heavy (non-hydrogen) atoms. The average Bonchev–Trinajstić information content (AvgIpc) is 2.49. The van der Waals surface area contributed by atoms with Gasteiger partial charge in [0.05, 0.1) is 0 Å². The Bertz CT molecular complexity index is 251. The van der Waals surface area contributed by atoms with Crippen LogP contribution in [0, 0.1) is 11.8 Å². The molecule has 0 amide bonds. The van der Waals surface area contributed by atoms with Gasteiger partial charge in [0.1, 0.15) is 0 Å². The lowest BCUT2D eigenvalue weighted by Gasteiger charge is -2.42. The largest absolute Gasteiger partial charge is 0.316 e. The summed E-state index contributed by atoms with van der Waals surface area (Å²) in [5.41, 5.74) is 0. The summed E-state index contributed by atoms with van der Waals surface area (Å²) in [6.45, 7) is 4.73. The number of rotatable bonds is 5. The van der Waals surface area contributed by atoms with Crippen molar-refractivity contribution in [1.29, 1.82) is 0 Å². The topological polar surface area (TPSA) is 12.0 Å². The molecule has 0 spiro atoms. The molecule has 0 aromatic carbocycles. The van der Waals surface area contributed by atoms with Crippen LogP contribution in [0.2, 0.25) is 0 Å². The molecule has 3 unspecified atom stereocenters. The first-order chi connectivity index (χ1) is 9.30. The van der Waals surface area contributed by atoms with Gasteiger partial charge in [-0.05, 0) is 38.1 Å². The Kier molecular flexibility index (Phi) is 6.91. The van der Waals surface area contributed by atoms with Crippen molar-refractivity contribution in [2.75, 3.05) is 18.6 Å². The molecule has 1 aliphatic carbocycles. The maximum absolute atomic E-state index is 3.70. The molecule has 0 bridgehead atoms. The second kappa shape index (κ2) is 8.19. The van der Waals surface area contributed by atoms with E-state index >= 15 is 0 Å². The fourth-order valence-corrected chi connectivity index (χ4v) is 7.28. The molecule has 1 saturated heterocycles. The third-order valence-electron chi connectivity index (χ3n) is 5.16. The van der Waals surface area contributed by atoms with Gasteiger partial charge in [0.2, 0.25) is 0 Å². The van der Waals surface area contributed by atoms with Crippen molar-refractivity contribution < 1.29 is 0 Å². The molecule has 1 N–H and O–H groups in total. The molecule has 3 heteroatoms. The molecular formula is C16H31NS2. The van der Waals surface area contributed by atoms with Crippen molar-refractivity contribution in [1.82, 2.24) is 5.32 Å². The monoisotopic (exact) mass is 301 g/mol. The van der Waals surface area contributed by atoms with Crippen LogP contribution in [0.15, 0.2) is 0 Å². The molecule has 0 radical (unpaired) electrons. The molecule has 1 heterocycles. The van der Waals surface area contributed by atoms with Crippen LogP contribution in [0.3, 0.4) is 0 Å². The predicted octanol–water partition coefficient (Wildman–Crippen LogP) is 4.42. The minimum Gasteiger partial charge on any atom is -0.316 e. The summed E-state index contributed by atoms with van der Waals surface area (Å²) in [6.07, 6.45) is 8.60. The molecule has 1 nitrogen and oxygen atoms in total. The van der Waals surface area contributed by atoms with Crippen molar-refractivity contribution in [2.24, 2.45) is 11.8 Å². The van der Waals surface area contributed by atoms with Gasteiger partial charge in [-0.15, -0.1) is 0 Å². The summed E-state index contributed by atoms with van der Waals surface area (Å²) in [5, 5.41) is 5.42. The maximum Gasteiger partial charge on any atom is 0.0322 e. The van der Waals surface area contributed by atoms with E-state index in [0.717, 1.165) is 28.4 Å². The zero-order valence-corrected chi connectivity index (χ0v) is 14.5. The van der Waals surface area contributed by atoms with E-state index in [0.29, 0.717) is 0 Å². The van der Waals surface area contributed by atoms with Crippen molar-refractivity contribution in [2.45, 2.75) is 68.9 Å². The number of thioether (sulfide) groups is 2. The van der Waals surface area contributed by atoms with E-state index in [4.69, 9.17) is 0 Å². The van der Waals surface area contributed by atoms with E-state index < -0.39 is 0 Å². The quantitative estimate of drug-likeness (QED) is 0.807. The van der Waals surface area contributed by atoms with E-state index in [9.17, 15) is 0 Å². The summed E-state index contributed by atoms with van der Waals surface area (Å²) < 4.78 is 0. The van der Waals surface area contributed by atoms with E-state index in [1.807, 2.05) is 0 Å². The third-order valence-corrected chi connectivity index (χ3v) is 8.53. The average molecular weight is 302 g/mol. The molecule has 0 aromatic heterocycles. The van der Waals surface area contributed by atoms with Gasteiger partial charge in [-0.1, -0.05) is 33.1 Å². The van der Waals surface area contributed by atoms with Crippen molar-refractivity contribution in [3.8, 4) is 0 Å². The van der Waals surface area contributed by atoms with E-state index in [-0.39, 0.29) is 0 Å². The lowest BCUT2D eigenvalue weighted by atomic mass is 9.76. The highest BCUT2D eigenvalue weighted by atomic mass is 32.2. The van der Waals surface area contributed by atoms with Gasteiger partial charge in [-0.3, -0.25) is 0 Å². The fraction of sp³-hybridized carbons (Fsp3) is 1.00. The van der Waals surface area contributed by atoms with Crippen LogP contribution in [0.25, 0.3) is 0 Å². The lowest BCUT2D eigenvalue weighted by Crippen LogP contribution is -2.49. The van der Waals surface area contributed by atoms with Gasteiger partial charge in [0.25, 0.3) is 0 Å². The van der Waals surface area contributed by atoms with Crippen molar-refractivity contribution in [3.05, 3.63) is 0 Å². The Balaban J connectivity index is 1.94. The number of nitrogens with one attached hydrogen (secondary N) is 1. The molecule has 2 rings (SSSR count). The molecule has 3 atom stereocenters. The van der Waals surface area contributed by atoms with Crippen LogP contribution in [0.5, 0.6) is 0 Å². The molecule has 2 fully saturated rings. The summed E-state index contributed by atoms with van der Waals surface area (Å²) in [6, 6.07) is 0.751. The summed E-state index contributed by atoms with van der Waals surface area (Å²) in [4.78, 5) is 0. The molecule has 112 valence electrons. The van der Waals surface area contributed by atoms with Gasteiger partial charge < -0.3 is 5.32 Å². The number of hydrogen-bond acceptors (Lipinski definition) is 3. The van der Waals surface area contributed by atoms with Crippen LogP contribution < -0.4 is 5.32 Å².